The van der Waals surface area contributed by atoms with Crippen molar-refractivity contribution < 1.29 is 14.3 Å². The second-order valence-corrected chi connectivity index (χ2v) is 6.66. The summed E-state index contributed by atoms with van der Waals surface area (Å²) in [5.41, 5.74) is 2.85. The van der Waals surface area contributed by atoms with E-state index in [1.54, 1.807) is 13.8 Å². The van der Waals surface area contributed by atoms with E-state index in [2.05, 4.69) is 10.3 Å². The van der Waals surface area contributed by atoms with Gasteiger partial charge in [-0.15, -0.1) is 0 Å². The lowest BCUT2D eigenvalue weighted by Gasteiger charge is -2.10. The van der Waals surface area contributed by atoms with Crippen molar-refractivity contribution in [1.82, 2.24) is 4.98 Å². The van der Waals surface area contributed by atoms with Gasteiger partial charge in [0.1, 0.15) is 11.1 Å². The first-order valence-corrected chi connectivity index (χ1v) is 9.57. The number of hydrogen-bond acceptors (Lipinski definition) is 6. The number of nitriles is 1. The molecule has 1 amide bonds. The van der Waals surface area contributed by atoms with Gasteiger partial charge in [-0.3, -0.25) is 4.79 Å². The van der Waals surface area contributed by atoms with Crippen LogP contribution >= 0.6 is 11.8 Å². The third-order valence-electron chi connectivity index (χ3n) is 3.75. The molecule has 0 aliphatic rings. The Morgan fingerprint density at radius 3 is 2.74 bits per heavy atom. The molecule has 2 rings (SSSR count). The van der Waals surface area contributed by atoms with Gasteiger partial charge in [-0.1, -0.05) is 30.8 Å². The van der Waals surface area contributed by atoms with Crippen molar-refractivity contribution in [2.24, 2.45) is 0 Å². The van der Waals surface area contributed by atoms with E-state index < -0.39 is 5.97 Å². The number of rotatable bonds is 7. The Labute approximate surface area is 162 Å². The number of ether oxygens (including phenoxy) is 1. The van der Waals surface area contributed by atoms with Crippen molar-refractivity contribution in [2.45, 2.75) is 32.2 Å². The predicted molar refractivity (Wildman–Crippen MR) is 105 cm³/mol. The molecule has 0 aliphatic heterocycles. The van der Waals surface area contributed by atoms with E-state index in [1.807, 2.05) is 37.3 Å². The molecular weight excluding hydrogens is 362 g/mol. The highest BCUT2D eigenvalue weighted by Gasteiger charge is 2.17. The first-order valence-electron chi connectivity index (χ1n) is 8.58. The van der Waals surface area contributed by atoms with E-state index in [0.717, 1.165) is 29.4 Å². The smallest absolute Gasteiger partial charge is 0.340 e. The Balaban J connectivity index is 2.08. The number of thioether (sulfide) groups is 1. The van der Waals surface area contributed by atoms with Crippen LogP contribution in [0.3, 0.4) is 0 Å². The summed E-state index contributed by atoms with van der Waals surface area (Å²) in [6, 6.07) is 11.2. The van der Waals surface area contributed by atoms with Gasteiger partial charge in [0.2, 0.25) is 5.91 Å². The SMILES string of the molecule is CCOC(=O)c1cc(C#N)c(SCC(=O)Nc2cccc(CC)c2)nc1C. The first kappa shape index (κ1) is 20.5. The van der Waals surface area contributed by atoms with Crippen molar-refractivity contribution in [1.29, 1.82) is 5.26 Å². The normalized spacial score (nSPS) is 10.1. The molecule has 7 heteroatoms. The molecule has 0 unspecified atom stereocenters. The van der Waals surface area contributed by atoms with Gasteiger partial charge in [0.25, 0.3) is 0 Å². The maximum Gasteiger partial charge on any atom is 0.340 e. The average molecular weight is 383 g/mol. The number of pyridine rings is 1. The molecule has 0 atom stereocenters. The Morgan fingerprint density at radius 2 is 2.07 bits per heavy atom. The first-order chi connectivity index (χ1) is 13.0. The van der Waals surface area contributed by atoms with Crippen LogP contribution in [-0.2, 0) is 16.0 Å². The number of nitrogens with one attached hydrogen (secondary N) is 1. The van der Waals surface area contributed by atoms with Crippen LogP contribution < -0.4 is 5.32 Å². The number of nitrogens with zero attached hydrogens (tertiary/aromatic N) is 2. The van der Waals surface area contributed by atoms with Gasteiger partial charge in [0.15, 0.2) is 0 Å². The summed E-state index contributed by atoms with van der Waals surface area (Å²) in [7, 11) is 0. The number of aromatic nitrogens is 1. The van der Waals surface area contributed by atoms with Crippen LogP contribution in [0.2, 0.25) is 0 Å². The van der Waals surface area contributed by atoms with Gasteiger partial charge >= 0.3 is 5.97 Å². The quantitative estimate of drug-likeness (QED) is 0.578. The minimum Gasteiger partial charge on any atom is -0.462 e. The van der Waals surface area contributed by atoms with E-state index in [9.17, 15) is 14.9 Å². The molecule has 2 aromatic rings. The number of benzene rings is 1. The Kier molecular flexibility index (Phi) is 7.38. The van der Waals surface area contributed by atoms with E-state index in [4.69, 9.17) is 4.74 Å². The molecule has 0 saturated heterocycles. The van der Waals surface area contributed by atoms with Gasteiger partial charge in [-0.25, -0.2) is 9.78 Å². The maximum atomic E-state index is 12.2. The zero-order valence-corrected chi connectivity index (χ0v) is 16.4. The molecule has 140 valence electrons. The molecule has 6 nitrogen and oxygen atoms in total. The molecule has 0 bridgehead atoms. The third-order valence-corrected chi connectivity index (χ3v) is 4.74. The number of hydrogen-bond donors (Lipinski definition) is 1. The number of anilines is 1. The lowest BCUT2D eigenvalue weighted by atomic mass is 10.1. The molecule has 0 saturated carbocycles. The fourth-order valence-electron chi connectivity index (χ4n) is 2.39. The summed E-state index contributed by atoms with van der Waals surface area (Å²) >= 11 is 1.16. The second kappa shape index (κ2) is 9.74. The minimum atomic E-state index is -0.510. The van der Waals surface area contributed by atoms with Crippen LogP contribution in [0.5, 0.6) is 0 Å². The molecule has 1 N–H and O–H groups in total. The van der Waals surface area contributed by atoms with Crippen LogP contribution in [0.15, 0.2) is 35.4 Å². The van der Waals surface area contributed by atoms with E-state index in [-0.39, 0.29) is 29.4 Å². The zero-order chi connectivity index (χ0) is 19.8. The highest BCUT2D eigenvalue weighted by atomic mass is 32.2. The summed E-state index contributed by atoms with van der Waals surface area (Å²) in [5, 5.41) is 12.6. The zero-order valence-electron chi connectivity index (χ0n) is 15.5. The van der Waals surface area contributed by atoms with Gasteiger partial charge in [0, 0.05) is 5.69 Å². The second-order valence-electron chi connectivity index (χ2n) is 5.70. The third kappa shape index (κ3) is 5.56. The fourth-order valence-corrected chi connectivity index (χ4v) is 3.19. The van der Waals surface area contributed by atoms with E-state index in [1.165, 1.54) is 6.07 Å². The number of amides is 1. The number of carbonyl (C=O) groups is 2. The largest absolute Gasteiger partial charge is 0.462 e. The van der Waals surface area contributed by atoms with Gasteiger partial charge in [0.05, 0.1) is 29.2 Å². The summed E-state index contributed by atoms with van der Waals surface area (Å²) in [4.78, 5) is 28.5. The number of esters is 1. The van der Waals surface area contributed by atoms with Crippen LogP contribution in [0.25, 0.3) is 0 Å². The van der Waals surface area contributed by atoms with E-state index in [0.29, 0.717) is 10.7 Å². The molecule has 27 heavy (non-hydrogen) atoms. The minimum absolute atomic E-state index is 0.107. The van der Waals surface area contributed by atoms with Crippen molar-refractivity contribution in [3.8, 4) is 6.07 Å². The number of carbonyl (C=O) groups excluding carboxylic acids is 2. The molecule has 0 radical (unpaired) electrons. The summed E-state index contributed by atoms with van der Waals surface area (Å²) in [6.45, 7) is 5.68. The summed E-state index contributed by atoms with van der Waals surface area (Å²) in [5.74, 6) is -0.592. The molecule has 1 aromatic heterocycles. The van der Waals surface area contributed by atoms with Crippen LogP contribution in [0.1, 0.15) is 41.0 Å². The molecule has 0 aliphatic carbocycles. The van der Waals surface area contributed by atoms with Crippen molar-refractivity contribution >= 4 is 29.3 Å². The van der Waals surface area contributed by atoms with Gasteiger partial charge in [-0.2, -0.15) is 5.26 Å². The topological polar surface area (TPSA) is 92.1 Å². The average Bonchev–Trinajstić information content (AvgIpc) is 2.66. The predicted octanol–water partition coefficient (Wildman–Crippen LogP) is 3.73. The maximum absolute atomic E-state index is 12.2. The highest BCUT2D eigenvalue weighted by Crippen LogP contribution is 2.23. The van der Waals surface area contributed by atoms with Crippen LogP contribution in [0.4, 0.5) is 5.69 Å². The molecule has 1 heterocycles. The van der Waals surface area contributed by atoms with Crippen LogP contribution in [0, 0.1) is 18.3 Å². The molecule has 0 spiro atoms. The van der Waals surface area contributed by atoms with E-state index >= 15 is 0 Å². The highest BCUT2D eigenvalue weighted by molar-refractivity contribution is 8.00. The van der Waals surface area contributed by atoms with Crippen LogP contribution in [-0.4, -0.2) is 29.2 Å². The monoisotopic (exact) mass is 383 g/mol. The van der Waals surface area contributed by atoms with Gasteiger partial charge < -0.3 is 10.1 Å². The lowest BCUT2D eigenvalue weighted by Crippen LogP contribution is -2.15. The molecule has 1 aromatic carbocycles. The Bertz CT molecular complexity index is 891. The standard InChI is InChI=1S/C20H21N3O3S/c1-4-14-7-6-8-16(9-14)23-18(24)12-27-19-15(11-21)10-17(13(3)22-19)20(25)26-5-2/h6-10H,4-5,12H2,1-3H3,(H,23,24). The summed E-state index contributed by atoms with van der Waals surface area (Å²) in [6.07, 6.45) is 0.889. The molecule has 0 fully saturated rings. The Hall–Kier alpha value is -2.85. The van der Waals surface area contributed by atoms with Crippen molar-refractivity contribution in [3.05, 3.63) is 52.7 Å². The van der Waals surface area contributed by atoms with Crippen molar-refractivity contribution in [3.63, 3.8) is 0 Å². The van der Waals surface area contributed by atoms with Crippen molar-refractivity contribution in [2.75, 3.05) is 17.7 Å². The van der Waals surface area contributed by atoms with Gasteiger partial charge in [-0.05, 0) is 44.0 Å². The summed E-state index contributed by atoms with van der Waals surface area (Å²) < 4.78 is 4.97. The molecular formula is C20H21N3O3S. The fraction of sp³-hybridized carbons (Fsp3) is 0.300. The lowest BCUT2D eigenvalue weighted by molar-refractivity contribution is -0.113. The number of aryl methyl sites for hydroxylation is 2. The Morgan fingerprint density at radius 1 is 1.30 bits per heavy atom.